The molecule has 0 spiro atoms. The highest BCUT2D eigenvalue weighted by Gasteiger charge is 2.45. The predicted molar refractivity (Wildman–Crippen MR) is 83.5 cm³/mol. The molecule has 3 unspecified atom stereocenters. The molecule has 1 aromatic carbocycles. The Morgan fingerprint density at radius 3 is 2.90 bits per heavy atom. The molecule has 1 amide bonds. The Balaban J connectivity index is 1.96. The highest BCUT2D eigenvalue weighted by atomic mass is 79.9. The van der Waals surface area contributed by atoms with Gasteiger partial charge in [-0.15, -0.1) is 0 Å². The lowest BCUT2D eigenvalue weighted by Crippen LogP contribution is -2.47. The molecule has 0 saturated heterocycles. The number of hydrogen-bond acceptors (Lipinski definition) is 2. The van der Waals surface area contributed by atoms with Crippen LogP contribution in [0, 0.1) is 5.92 Å². The van der Waals surface area contributed by atoms with E-state index in [4.69, 9.17) is 5.11 Å². The maximum atomic E-state index is 12.3. The molecular weight excluding hydrogens is 318 g/mol. The van der Waals surface area contributed by atoms with E-state index < -0.39 is 0 Å². The number of carbonyl (C=O) groups is 1. The molecule has 0 heterocycles. The molecule has 1 aliphatic carbocycles. The van der Waals surface area contributed by atoms with Gasteiger partial charge in [-0.3, -0.25) is 4.79 Å². The van der Waals surface area contributed by atoms with Gasteiger partial charge < -0.3 is 10.4 Å². The van der Waals surface area contributed by atoms with Gasteiger partial charge in [-0.1, -0.05) is 35.0 Å². The van der Waals surface area contributed by atoms with Crippen molar-refractivity contribution in [1.82, 2.24) is 5.32 Å². The predicted octanol–water partition coefficient (Wildman–Crippen LogP) is 3.22. The molecule has 0 aromatic heterocycles. The van der Waals surface area contributed by atoms with Gasteiger partial charge in [0.25, 0.3) is 0 Å². The second-order valence-corrected chi connectivity index (χ2v) is 6.80. The van der Waals surface area contributed by atoms with Crippen molar-refractivity contribution in [3.8, 4) is 0 Å². The van der Waals surface area contributed by atoms with Gasteiger partial charge in [-0.25, -0.2) is 0 Å². The standard InChI is InChI=1S/C16H22BrNO2/c1-3-16(2,7-8-19)18-15(20)14-10-13(14)11-5-4-6-12(17)9-11/h4-6,9,13-14,19H,3,7-8,10H2,1-2H3,(H,18,20). The molecule has 2 N–H and O–H groups in total. The van der Waals surface area contributed by atoms with Gasteiger partial charge >= 0.3 is 0 Å². The van der Waals surface area contributed by atoms with E-state index in [0.717, 1.165) is 17.3 Å². The van der Waals surface area contributed by atoms with Gasteiger partial charge in [0.15, 0.2) is 0 Å². The molecule has 1 aliphatic rings. The zero-order valence-electron chi connectivity index (χ0n) is 12.0. The van der Waals surface area contributed by atoms with Crippen molar-refractivity contribution in [3.05, 3.63) is 34.3 Å². The minimum Gasteiger partial charge on any atom is -0.396 e. The van der Waals surface area contributed by atoms with E-state index in [9.17, 15) is 4.79 Å². The summed E-state index contributed by atoms with van der Waals surface area (Å²) in [6.07, 6.45) is 2.35. The molecule has 0 aliphatic heterocycles. The minimum absolute atomic E-state index is 0.0777. The maximum absolute atomic E-state index is 12.3. The Kier molecular flexibility index (Phi) is 4.86. The number of halogens is 1. The first kappa shape index (κ1) is 15.5. The molecular formula is C16H22BrNO2. The van der Waals surface area contributed by atoms with Crippen LogP contribution in [-0.2, 0) is 4.79 Å². The van der Waals surface area contributed by atoms with E-state index in [0.29, 0.717) is 12.3 Å². The number of carbonyl (C=O) groups excluding carboxylic acids is 1. The smallest absolute Gasteiger partial charge is 0.224 e. The van der Waals surface area contributed by atoms with Gasteiger partial charge in [0, 0.05) is 22.5 Å². The second-order valence-electron chi connectivity index (χ2n) is 5.88. The van der Waals surface area contributed by atoms with Crippen molar-refractivity contribution in [1.29, 1.82) is 0 Å². The van der Waals surface area contributed by atoms with Gasteiger partial charge in [0.05, 0.1) is 0 Å². The van der Waals surface area contributed by atoms with Gasteiger partial charge in [-0.2, -0.15) is 0 Å². The number of aliphatic hydroxyl groups is 1. The molecule has 0 bridgehead atoms. The Morgan fingerprint density at radius 1 is 1.55 bits per heavy atom. The van der Waals surface area contributed by atoms with Crippen LogP contribution in [0.4, 0.5) is 0 Å². The minimum atomic E-state index is -0.295. The number of amides is 1. The first-order chi connectivity index (χ1) is 9.49. The normalized spacial score (nSPS) is 24.0. The molecule has 0 radical (unpaired) electrons. The average Bonchev–Trinajstić information content (AvgIpc) is 3.19. The SMILES string of the molecule is CCC(C)(CCO)NC(=O)C1CC1c1cccc(Br)c1. The summed E-state index contributed by atoms with van der Waals surface area (Å²) < 4.78 is 1.06. The Morgan fingerprint density at radius 2 is 2.30 bits per heavy atom. The number of rotatable bonds is 6. The van der Waals surface area contributed by atoms with Crippen LogP contribution in [0.25, 0.3) is 0 Å². The molecule has 110 valence electrons. The van der Waals surface area contributed by atoms with Crippen molar-refractivity contribution in [2.24, 2.45) is 5.92 Å². The van der Waals surface area contributed by atoms with Crippen LogP contribution in [0.15, 0.2) is 28.7 Å². The lowest BCUT2D eigenvalue weighted by atomic mass is 9.94. The third kappa shape index (κ3) is 3.61. The van der Waals surface area contributed by atoms with Gasteiger partial charge in [-0.05, 0) is 49.8 Å². The summed E-state index contributed by atoms with van der Waals surface area (Å²) in [4.78, 5) is 12.3. The zero-order chi connectivity index (χ0) is 14.8. The lowest BCUT2D eigenvalue weighted by molar-refractivity contribution is -0.124. The van der Waals surface area contributed by atoms with E-state index in [2.05, 4.69) is 33.4 Å². The first-order valence-electron chi connectivity index (χ1n) is 7.17. The fraction of sp³-hybridized carbons (Fsp3) is 0.562. The molecule has 2 rings (SSSR count). The van der Waals surface area contributed by atoms with E-state index >= 15 is 0 Å². The van der Waals surface area contributed by atoms with Crippen LogP contribution in [0.1, 0.15) is 44.6 Å². The summed E-state index contributed by atoms with van der Waals surface area (Å²) in [6, 6.07) is 8.17. The largest absolute Gasteiger partial charge is 0.396 e. The van der Waals surface area contributed by atoms with Crippen LogP contribution >= 0.6 is 15.9 Å². The molecule has 3 nitrogen and oxygen atoms in total. The summed E-state index contributed by atoms with van der Waals surface area (Å²) >= 11 is 3.47. The molecule has 1 fully saturated rings. The van der Waals surface area contributed by atoms with Crippen LogP contribution in [0.3, 0.4) is 0 Å². The van der Waals surface area contributed by atoms with Crippen molar-refractivity contribution >= 4 is 21.8 Å². The lowest BCUT2D eigenvalue weighted by Gasteiger charge is -2.29. The second kappa shape index (κ2) is 6.27. The topological polar surface area (TPSA) is 49.3 Å². The molecule has 20 heavy (non-hydrogen) atoms. The quantitative estimate of drug-likeness (QED) is 0.835. The Bertz CT molecular complexity index is 491. The van der Waals surface area contributed by atoms with Crippen molar-refractivity contribution in [2.45, 2.75) is 44.6 Å². The monoisotopic (exact) mass is 339 g/mol. The fourth-order valence-corrected chi connectivity index (χ4v) is 2.97. The number of aliphatic hydroxyl groups excluding tert-OH is 1. The Labute approximate surface area is 128 Å². The van der Waals surface area contributed by atoms with E-state index in [-0.39, 0.29) is 24.0 Å². The van der Waals surface area contributed by atoms with Crippen LogP contribution in [0.5, 0.6) is 0 Å². The first-order valence-corrected chi connectivity index (χ1v) is 7.97. The van der Waals surface area contributed by atoms with E-state index in [1.165, 1.54) is 5.56 Å². The van der Waals surface area contributed by atoms with Gasteiger partial charge in [0.1, 0.15) is 0 Å². The van der Waals surface area contributed by atoms with Crippen molar-refractivity contribution in [3.63, 3.8) is 0 Å². The number of hydrogen-bond donors (Lipinski definition) is 2. The summed E-state index contributed by atoms with van der Waals surface area (Å²) in [5, 5.41) is 12.2. The third-order valence-corrected chi connectivity index (χ3v) is 4.77. The molecule has 1 saturated carbocycles. The summed E-state index contributed by atoms with van der Waals surface area (Å²) in [6.45, 7) is 4.14. The highest BCUT2D eigenvalue weighted by molar-refractivity contribution is 9.10. The van der Waals surface area contributed by atoms with Crippen molar-refractivity contribution in [2.75, 3.05) is 6.61 Å². The molecule has 4 heteroatoms. The fourth-order valence-electron chi connectivity index (χ4n) is 2.55. The van der Waals surface area contributed by atoms with Crippen molar-refractivity contribution < 1.29 is 9.90 Å². The molecule has 1 aromatic rings. The summed E-state index contributed by atoms with van der Waals surface area (Å²) in [5.41, 5.74) is 0.927. The van der Waals surface area contributed by atoms with E-state index in [1.54, 1.807) is 0 Å². The average molecular weight is 340 g/mol. The maximum Gasteiger partial charge on any atom is 0.224 e. The van der Waals surface area contributed by atoms with Crippen LogP contribution in [0.2, 0.25) is 0 Å². The molecule has 3 atom stereocenters. The van der Waals surface area contributed by atoms with E-state index in [1.807, 2.05) is 26.0 Å². The summed E-state index contributed by atoms with van der Waals surface area (Å²) in [5.74, 6) is 0.532. The van der Waals surface area contributed by atoms with Crippen LogP contribution < -0.4 is 5.32 Å². The Hall–Kier alpha value is -0.870. The highest BCUT2D eigenvalue weighted by Crippen LogP contribution is 2.48. The van der Waals surface area contributed by atoms with Crippen LogP contribution in [-0.4, -0.2) is 23.2 Å². The zero-order valence-corrected chi connectivity index (χ0v) is 13.6. The third-order valence-electron chi connectivity index (χ3n) is 4.27. The number of nitrogens with one attached hydrogen (secondary N) is 1. The van der Waals surface area contributed by atoms with Gasteiger partial charge in [0.2, 0.25) is 5.91 Å². The summed E-state index contributed by atoms with van der Waals surface area (Å²) in [7, 11) is 0. The number of benzene rings is 1.